The van der Waals surface area contributed by atoms with Gasteiger partial charge >= 0.3 is 13.8 Å². The molecule has 0 saturated heterocycles. The highest BCUT2D eigenvalue weighted by molar-refractivity contribution is 7.47. The van der Waals surface area contributed by atoms with Gasteiger partial charge in [-0.1, -0.05) is 161 Å². The molecule has 8 nitrogen and oxygen atoms in total. The van der Waals surface area contributed by atoms with Crippen LogP contribution in [-0.4, -0.2) is 49.9 Å². The fourth-order valence-electron chi connectivity index (χ4n) is 5.70. The maximum absolute atomic E-state index is 12.4. The van der Waals surface area contributed by atoms with Crippen molar-refractivity contribution >= 4 is 13.8 Å². The fraction of sp³-hybridized carbons (Fsp3) is 0.923. The van der Waals surface area contributed by atoms with Crippen LogP contribution in [0.25, 0.3) is 0 Å². The molecule has 48 heavy (non-hydrogen) atoms. The maximum atomic E-state index is 12.4. The Morgan fingerprint density at radius 1 is 0.604 bits per heavy atom. The molecule has 0 rings (SSSR count). The number of carbonyl (C=O) groups is 1. The number of hydrogen-bond acceptors (Lipinski definition) is 7. The summed E-state index contributed by atoms with van der Waals surface area (Å²) in [6.45, 7) is 4.89. The molecule has 2 atom stereocenters. The molecule has 2 unspecified atom stereocenters. The molecule has 0 aliphatic rings. The molecule has 0 heterocycles. The first-order valence-corrected chi connectivity index (χ1v) is 21.7. The van der Waals surface area contributed by atoms with Crippen LogP contribution >= 0.6 is 7.82 Å². The second kappa shape index (κ2) is 37.5. The third kappa shape index (κ3) is 36.5. The molecule has 0 saturated carbocycles. The van der Waals surface area contributed by atoms with E-state index in [1.165, 1.54) is 141 Å². The minimum absolute atomic E-state index is 0.0929. The van der Waals surface area contributed by atoms with Crippen LogP contribution in [0.2, 0.25) is 0 Å². The van der Waals surface area contributed by atoms with Crippen LogP contribution in [0.5, 0.6) is 0 Å². The molecule has 0 aromatic rings. The van der Waals surface area contributed by atoms with Crippen LogP contribution in [0.1, 0.15) is 194 Å². The Kier molecular flexibility index (Phi) is 36.9. The number of hydrogen-bond donors (Lipinski definition) is 2. The second-order valence-electron chi connectivity index (χ2n) is 13.5. The Labute approximate surface area is 296 Å². The lowest BCUT2D eigenvalue weighted by atomic mass is 10.1. The second-order valence-corrected chi connectivity index (χ2v) is 15.0. The zero-order valence-electron chi connectivity index (χ0n) is 31.5. The molecule has 0 spiro atoms. The normalized spacial score (nSPS) is 13.7. The van der Waals surface area contributed by atoms with Gasteiger partial charge in [0, 0.05) is 19.6 Å². The molecule has 0 radical (unpaired) electrons. The van der Waals surface area contributed by atoms with Crippen LogP contribution in [0.15, 0.2) is 12.2 Å². The summed E-state index contributed by atoms with van der Waals surface area (Å²) >= 11 is 0. The van der Waals surface area contributed by atoms with Gasteiger partial charge in [0.1, 0.15) is 6.10 Å². The van der Waals surface area contributed by atoms with E-state index < -0.39 is 13.9 Å². The van der Waals surface area contributed by atoms with Crippen molar-refractivity contribution in [2.24, 2.45) is 5.73 Å². The van der Waals surface area contributed by atoms with Crippen LogP contribution < -0.4 is 5.73 Å². The number of esters is 1. The van der Waals surface area contributed by atoms with Gasteiger partial charge in [-0.25, -0.2) is 4.57 Å². The summed E-state index contributed by atoms with van der Waals surface area (Å²) in [5, 5.41) is 0. The molecule has 0 aliphatic heterocycles. The number of nitrogens with two attached hydrogens (primary N) is 1. The Morgan fingerprint density at radius 3 is 1.52 bits per heavy atom. The fourth-order valence-corrected chi connectivity index (χ4v) is 6.46. The summed E-state index contributed by atoms with van der Waals surface area (Å²) in [6.07, 6.45) is 38.2. The Morgan fingerprint density at radius 2 is 1.04 bits per heavy atom. The van der Waals surface area contributed by atoms with Crippen LogP contribution in [-0.2, 0) is 27.9 Å². The molecule has 286 valence electrons. The highest BCUT2D eigenvalue weighted by Crippen LogP contribution is 2.43. The van der Waals surface area contributed by atoms with Crippen molar-refractivity contribution in [1.29, 1.82) is 0 Å². The number of ether oxygens (including phenoxy) is 2. The number of rotatable bonds is 39. The molecule has 0 aromatic heterocycles. The number of phosphoric acid groups is 1. The van der Waals surface area contributed by atoms with E-state index in [4.69, 9.17) is 24.3 Å². The lowest BCUT2D eigenvalue weighted by Crippen LogP contribution is -2.28. The van der Waals surface area contributed by atoms with Gasteiger partial charge < -0.3 is 20.1 Å². The van der Waals surface area contributed by atoms with Gasteiger partial charge in [0.25, 0.3) is 0 Å². The van der Waals surface area contributed by atoms with Gasteiger partial charge in [0.15, 0.2) is 0 Å². The predicted octanol–water partition coefficient (Wildman–Crippen LogP) is 11.5. The van der Waals surface area contributed by atoms with Crippen molar-refractivity contribution in [2.75, 3.05) is 33.0 Å². The monoisotopic (exact) mass is 704 g/mol. The van der Waals surface area contributed by atoms with Gasteiger partial charge in [-0.15, -0.1) is 0 Å². The zero-order valence-corrected chi connectivity index (χ0v) is 32.4. The molecule has 3 N–H and O–H groups in total. The summed E-state index contributed by atoms with van der Waals surface area (Å²) in [5.41, 5.74) is 5.34. The van der Waals surface area contributed by atoms with E-state index >= 15 is 0 Å². The van der Waals surface area contributed by atoms with E-state index in [1.54, 1.807) is 0 Å². The average Bonchev–Trinajstić information content (AvgIpc) is 3.07. The SMILES string of the molecule is CCCCCCCCCC/C=C\CCCCCCCCCCCCOCC(COP(=O)(O)OCCN)OC(=O)CCCCCCCCC. The predicted molar refractivity (Wildman–Crippen MR) is 201 cm³/mol. The smallest absolute Gasteiger partial charge is 0.457 e. The minimum atomic E-state index is -4.26. The summed E-state index contributed by atoms with van der Waals surface area (Å²) in [7, 11) is -4.26. The first-order valence-electron chi connectivity index (χ1n) is 20.2. The third-order valence-corrected chi connectivity index (χ3v) is 9.67. The maximum Gasteiger partial charge on any atom is 0.472 e. The van der Waals surface area contributed by atoms with Gasteiger partial charge in [-0.2, -0.15) is 0 Å². The quantitative estimate of drug-likeness (QED) is 0.0281. The molecule has 0 aromatic carbocycles. The third-order valence-electron chi connectivity index (χ3n) is 8.68. The van der Waals surface area contributed by atoms with Crippen LogP contribution in [0.4, 0.5) is 0 Å². The molecule has 0 fully saturated rings. The van der Waals surface area contributed by atoms with E-state index in [1.807, 2.05) is 0 Å². The van der Waals surface area contributed by atoms with Gasteiger partial charge in [0.2, 0.25) is 0 Å². The molecule has 0 amide bonds. The summed E-state index contributed by atoms with van der Waals surface area (Å²) < 4.78 is 33.2. The first kappa shape index (κ1) is 47.2. The van der Waals surface area contributed by atoms with Crippen molar-refractivity contribution in [3.8, 4) is 0 Å². The summed E-state index contributed by atoms with van der Waals surface area (Å²) in [4.78, 5) is 22.2. The first-order chi connectivity index (χ1) is 23.4. The lowest BCUT2D eigenvalue weighted by molar-refractivity contribution is -0.154. The van der Waals surface area contributed by atoms with E-state index in [-0.39, 0.29) is 32.3 Å². The zero-order chi connectivity index (χ0) is 35.2. The van der Waals surface area contributed by atoms with E-state index in [0.717, 1.165) is 32.1 Å². The average molecular weight is 704 g/mol. The molecular weight excluding hydrogens is 625 g/mol. The number of allylic oxidation sites excluding steroid dienone is 2. The van der Waals surface area contributed by atoms with Crippen molar-refractivity contribution in [1.82, 2.24) is 0 Å². The van der Waals surface area contributed by atoms with Crippen molar-refractivity contribution in [3.05, 3.63) is 12.2 Å². The molecule has 9 heteroatoms. The lowest BCUT2D eigenvalue weighted by Gasteiger charge is -2.20. The Balaban J connectivity index is 3.85. The highest BCUT2D eigenvalue weighted by atomic mass is 31.2. The van der Waals surface area contributed by atoms with Crippen LogP contribution in [0, 0.1) is 0 Å². The largest absolute Gasteiger partial charge is 0.472 e. The molecule has 0 aliphatic carbocycles. The Bertz CT molecular complexity index is 752. The molecular formula is C39H78NO7P. The van der Waals surface area contributed by atoms with E-state index in [9.17, 15) is 14.3 Å². The van der Waals surface area contributed by atoms with Crippen molar-refractivity contribution < 1.29 is 32.8 Å². The standard InChI is InChI=1S/C39H78NO7P/c1-3-5-7-9-11-12-13-14-15-16-17-18-19-20-21-22-23-24-25-27-29-31-34-44-36-38(37-46-48(42,43)45-35-33-40)47-39(41)32-30-28-26-10-8-6-4-2/h16-17,38H,3-15,18-37,40H2,1-2H3,(H,42,43)/b17-16-. The topological polar surface area (TPSA) is 117 Å². The number of phosphoric ester groups is 1. The highest BCUT2D eigenvalue weighted by Gasteiger charge is 2.25. The summed E-state index contributed by atoms with van der Waals surface area (Å²) in [6, 6.07) is 0. The van der Waals surface area contributed by atoms with Gasteiger partial charge in [-0.05, 0) is 38.5 Å². The Hall–Kier alpha value is -0.760. The molecule has 0 bridgehead atoms. The van der Waals surface area contributed by atoms with Gasteiger partial charge in [0.05, 0.1) is 19.8 Å². The number of carbonyl (C=O) groups excluding carboxylic acids is 1. The summed E-state index contributed by atoms with van der Waals surface area (Å²) in [5.74, 6) is -0.336. The van der Waals surface area contributed by atoms with Crippen molar-refractivity contribution in [2.45, 2.75) is 200 Å². The van der Waals surface area contributed by atoms with E-state index in [2.05, 4.69) is 26.0 Å². The van der Waals surface area contributed by atoms with Crippen LogP contribution in [0.3, 0.4) is 0 Å². The van der Waals surface area contributed by atoms with Crippen molar-refractivity contribution in [3.63, 3.8) is 0 Å². The number of unbranched alkanes of at least 4 members (excludes halogenated alkanes) is 24. The van der Waals surface area contributed by atoms with E-state index in [0.29, 0.717) is 13.0 Å². The minimum Gasteiger partial charge on any atom is -0.457 e. The van der Waals surface area contributed by atoms with Gasteiger partial charge in [-0.3, -0.25) is 13.8 Å².